The monoisotopic (exact) mass is 269 g/mol. The molecule has 5 heteroatoms. The Morgan fingerprint density at radius 2 is 2.11 bits per heavy atom. The number of nitrogens with one attached hydrogen (secondary N) is 2. The first-order valence-electron chi connectivity index (χ1n) is 6.31. The highest BCUT2D eigenvalue weighted by Crippen LogP contribution is 2.23. The van der Waals surface area contributed by atoms with Crippen molar-refractivity contribution < 1.29 is 4.79 Å². The molecule has 2 amide bonds. The highest BCUT2D eigenvalue weighted by Gasteiger charge is 2.07. The number of nitrogens with zero attached hydrogens (tertiary/aromatic N) is 1. The zero-order valence-corrected chi connectivity index (χ0v) is 12.4. The maximum atomic E-state index is 11.3. The Morgan fingerprint density at radius 3 is 2.67 bits per heavy atom. The van der Waals surface area contributed by atoms with Crippen LogP contribution in [-0.2, 0) is 6.42 Å². The van der Waals surface area contributed by atoms with Crippen molar-refractivity contribution in [1.29, 1.82) is 0 Å². The van der Waals surface area contributed by atoms with Gasteiger partial charge in [-0.1, -0.05) is 6.92 Å². The van der Waals surface area contributed by atoms with Gasteiger partial charge in [0.15, 0.2) is 0 Å². The zero-order valence-electron chi connectivity index (χ0n) is 11.6. The fourth-order valence-corrected chi connectivity index (χ4v) is 2.51. The van der Waals surface area contributed by atoms with E-state index >= 15 is 0 Å². The summed E-state index contributed by atoms with van der Waals surface area (Å²) in [6, 6.07) is 4.66. The summed E-state index contributed by atoms with van der Waals surface area (Å²) in [5.41, 5.74) is 0. The van der Waals surface area contributed by atoms with Crippen LogP contribution in [0.3, 0.4) is 0 Å². The largest absolute Gasteiger partial charge is 0.337 e. The number of amides is 2. The van der Waals surface area contributed by atoms with E-state index in [4.69, 9.17) is 0 Å². The molecule has 0 radical (unpaired) electrons. The van der Waals surface area contributed by atoms with Crippen molar-refractivity contribution in [3.05, 3.63) is 21.9 Å². The maximum absolute atomic E-state index is 11.3. The Kier molecular flexibility index (Phi) is 6.15. The molecular weight excluding hydrogens is 246 g/mol. The van der Waals surface area contributed by atoms with Crippen LogP contribution < -0.4 is 10.6 Å². The lowest BCUT2D eigenvalue weighted by Crippen LogP contribution is -2.38. The highest BCUT2D eigenvalue weighted by molar-refractivity contribution is 7.12. The lowest BCUT2D eigenvalue weighted by molar-refractivity contribution is 0.217. The first-order chi connectivity index (χ1) is 8.54. The Bertz CT molecular complexity index is 376. The van der Waals surface area contributed by atoms with Crippen molar-refractivity contribution in [2.45, 2.75) is 26.3 Å². The fourth-order valence-electron chi connectivity index (χ4n) is 1.53. The van der Waals surface area contributed by atoms with Crippen molar-refractivity contribution in [3.63, 3.8) is 0 Å². The minimum absolute atomic E-state index is 0.0474. The molecule has 4 nitrogen and oxygen atoms in total. The van der Waals surface area contributed by atoms with E-state index in [-0.39, 0.29) is 6.03 Å². The van der Waals surface area contributed by atoms with E-state index in [1.54, 1.807) is 14.1 Å². The van der Waals surface area contributed by atoms with Gasteiger partial charge in [0.2, 0.25) is 0 Å². The Balaban J connectivity index is 2.25. The number of aryl methyl sites for hydroxylation is 1. The average Bonchev–Trinajstić information content (AvgIpc) is 2.82. The molecule has 1 atom stereocenters. The van der Waals surface area contributed by atoms with E-state index in [9.17, 15) is 4.79 Å². The molecule has 102 valence electrons. The van der Waals surface area contributed by atoms with E-state index in [0.717, 1.165) is 13.0 Å². The summed E-state index contributed by atoms with van der Waals surface area (Å²) in [5.74, 6) is 0. The summed E-state index contributed by atoms with van der Waals surface area (Å²) in [6.45, 7) is 5.75. The molecule has 0 aromatic carbocycles. The van der Waals surface area contributed by atoms with Gasteiger partial charge in [-0.25, -0.2) is 4.79 Å². The molecule has 0 saturated carbocycles. The zero-order chi connectivity index (χ0) is 13.5. The lowest BCUT2D eigenvalue weighted by Gasteiger charge is -2.14. The predicted molar refractivity (Wildman–Crippen MR) is 77.2 cm³/mol. The minimum Gasteiger partial charge on any atom is -0.337 e. The molecule has 1 aromatic heterocycles. The van der Waals surface area contributed by atoms with Crippen LogP contribution in [0.15, 0.2) is 12.1 Å². The van der Waals surface area contributed by atoms with Crippen LogP contribution in [0.5, 0.6) is 0 Å². The number of carbonyl (C=O) groups is 1. The van der Waals surface area contributed by atoms with Gasteiger partial charge in [-0.3, -0.25) is 0 Å². The fraction of sp³-hybridized carbons (Fsp3) is 0.615. The first-order valence-corrected chi connectivity index (χ1v) is 7.13. The second kappa shape index (κ2) is 7.38. The Hall–Kier alpha value is -1.07. The van der Waals surface area contributed by atoms with Crippen molar-refractivity contribution in [2.75, 3.05) is 27.2 Å². The van der Waals surface area contributed by atoms with E-state index in [1.165, 1.54) is 14.7 Å². The van der Waals surface area contributed by atoms with Crippen molar-refractivity contribution in [1.82, 2.24) is 15.5 Å². The summed E-state index contributed by atoms with van der Waals surface area (Å²) in [5, 5.41) is 6.24. The molecular formula is C13H23N3OS. The Labute approximate surface area is 113 Å². The van der Waals surface area contributed by atoms with Gasteiger partial charge in [-0.2, -0.15) is 0 Å². The van der Waals surface area contributed by atoms with Crippen LogP contribution in [0.4, 0.5) is 4.79 Å². The maximum Gasteiger partial charge on any atom is 0.316 e. The number of thiophene rings is 1. The second-order valence-corrected chi connectivity index (χ2v) is 5.66. The molecule has 1 unspecified atom stereocenters. The lowest BCUT2D eigenvalue weighted by atomic mass is 10.2. The summed E-state index contributed by atoms with van der Waals surface area (Å²) in [6.07, 6.45) is 1.09. The summed E-state index contributed by atoms with van der Waals surface area (Å²) < 4.78 is 0. The minimum atomic E-state index is -0.0474. The van der Waals surface area contributed by atoms with Crippen LogP contribution in [0.2, 0.25) is 0 Å². The summed E-state index contributed by atoms with van der Waals surface area (Å²) >= 11 is 1.85. The van der Waals surface area contributed by atoms with Crippen molar-refractivity contribution in [3.8, 4) is 0 Å². The van der Waals surface area contributed by atoms with Crippen LogP contribution >= 0.6 is 11.3 Å². The summed E-state index contributed by atoms with van der Waals surface area (Å²) in [4.78, 5) is 15.6. The van der Waals surface area contributed by atoms with Gasteiger partial charge >= 0.3 is 6.03 Å². The molecule has 0 bridgehead atoms. The first kappa shape index (κ1) is 15.0. The molecule has 0 aliphatic heterocycles. The molecule has 0 fully saturated rings. The van der Waals surface area contributed by atoms with Crippen LogP contribution in [0.1, 0.15) is 29.6 Å². The van der Waals surface area contributed by atoms with E-state index < -0.39 is 0 Å². The van der Waals surface area contributed by atoms with E-state index in [2.05, 4.69) is 36.6 Å². The van der Waals surface area contributed by atoms with Gasteiger partial charge < -0.3 is 15.5 Å². The third-order valence-electron chi connectivity index (χ3n) is 2.72. The van der Waals surface area contributed by atoms with Crippen LogP contribution in [-0.4, -0.2) is 38.1 Å². The number of carbonyl (C=O) groups excluding carboxylic acids is 1. The quantitative estimate of drug-likeness (QED) is 0.778. The molecule has 1 aromatic rings. The molecule has 0 saturated heterocycles. The van der Waals surface area contributed by atoms with E-state index in [1.807, 2.05) is 11.3 Å². The van der Waals surface area contributed by atoms with Crippen molar-refractivity contribution in [2.24, 2.45) is 0 Å². The van der Waals surface area contributed by atoms with Gasteiger partial charge in [0.05, 0.1) is 0 Å². The van der Waals surface area contributed by atoms with Gasteiger partial charge in [0.25, 0.3) is 0 Å². The standard InChI is InChI=1S/C13H23N3OS/c1-5-11-6-7-12(18-11)10(2)14-8-9-15-13(17)16(3)4/h6-7,10,14H,5,8-9H2,1-4H3,(H,15,17). The SMILES string of the molecule is CCc1ccc(C(C)NCCNC(=O)N(C)C)s1. The number of hydrogen-bond donors (Lipinski definition) is 2. The second-order valence-electron chi connectivity index (χ2n) is 4.46. The van der Waals surface area contributed by atoms with Gasteiger partial charge in [-0.15, -0.1) is 11.3 Å². The Morgan fingerprint density at radius 1 is 1.39 bits per heavy atom. The topological polar surface area (TPSA) is 44.4 Å². The van der Waals surface area contributed by atoms with Crippen molar-refractivity contribution >= 4 is 17.4 Å². The molecule has 0 spiro atoms. The number of urea groups is 1. The van der Waals surface area contributed by atoms with Gasteiger partial charge in [-0.05, 0) is 25.5 Å². The molecule has 1 heterocycles. The third-order valence-corrected chi connectivity index (χ3v) is 4.13. The number of rotatable bonds is 6. The van der Waals surface area contributed by atoms with Crippen LogP contribution in [0, 0.1) is 0 Å². The van der Waals surface area contributed by atoms with E-state index in [0.29, 0.717) is 12.6 Å². The molecule has 0 aliphatic rings. The van der Waals surface area contributed by atoms with Gasteiger partial charge in [0.1, 0.15) is 0 Å². The molecule has 2 N–H and O–H groups in total. The predicted octanol–water partition coefficient (Wildman–Crippen LogP) is 2.23. The summed E-state index contributed by atoms with van der Waals surface area (Å²) in [7, 11) is 3.48. The normalized spacial score (nSPS) is 12.2. The van der Waals surface area contributed by atoms with Crippen LogP contribution in [0.25, 0.3) is 0 Å². The molecule has 1 rings (SSSR count). The van der Waals surface area contributed by atoms with Gasteiger partial charge in [0, 0.05) is 43.0 Å². The molecule has 0 aliphatic carbocycles. The smallest absolute Gasteiger partial charge is 0.316 e. The number of hydrogen-bond acceptors (Lipinski definition) is 3. The average molecular weight is 269 g/mol. The molecule has 18 heavy (non-hydrogen) atoms. The highest BCUT2D eigenvalue weighted by atomic mass is 32.1. The third kappa shape index (κ3) is 4.66.